The number of carbonyl (C=O) groups is 1. The normalized spacial score (nSPS) is 10.9. The molecule has 11 heteroatoms. The van der Waals surface area contributed by atoms with E-state index in [9.17, 15) is 13.2 Å². The Kier molecular flexibility index (Phi) is 6.53. The van der Waals surface area contributed by atoms with Crippen LogP contribution in [0.4, 0.5) is 11.5 Å². The van der Waals surface area contributed by atoms with Gasteiger partial charge in [0.05, 0.1) is 24.7 Å². The molecule has 0 radical (unpaired) electrons. The monoisotopic (exact) mass is 492 g/mol. The standard InChI is InChI=1S/C19H17BrN4O5S/c1-28-16-8-3-12(20)9-15(16)19(25)23-13-4-6-14(7-5-13)30(26,27)24-17-10-18(29-2)22-11-21-17/h3-11H,1-2H3,(H,23,25)(H,21,22,24). The summed E-state index contributed by atoms with van der Waals surface area (Å²) in [5, 5.41) is 2.71. The first-order valence-electron chi connectivity index (χ1n) is 8.46. The Morgan fingerprint density at radius 1 is 1.00 bits per heavy atom. The summed E-state index contributed by atoms with van der Waals surface area (Å²) >= 11 is 3.32. The molecule has 0 spiro atoms. The number of nitrogens with one attached hydrogen (secondary N) is 2. The van der Waals surface area contributed by atoms with Crippen LogP contribution >= 0.6 is 15.9 Å². The van der Waals surface area contributed by atoms with E-state index in [4.69, 9.17) is 9.47 Å². The molecule has 1 amide bonds. The number of benzene rings is 2. The maximum atomic E-state index is 12.6. The van der Waals surface area contributed by atoms with Crippen LogP contribution in [0.25, 0.3) is 0 Å². The number of amides is 1. The van der Waals surface area contributed by atoms with Gasteiger partial charge in [0.25, 0.3) is 15.9 Å². The van der Waals surface area contributed by atoms with Gasteiger partial charge in [-0.15, -0.1) is 0 Å². The molecule has 2 aromatic carbocycles. The summed E-state index contributed by atoms with van der Waals surface area (Å²) in [7, 11) is -1.00. The van der Waals surface area contributed by atoms with Crippen LogP contribution in [0.2, 0.25) is 0 Å². The van der Waals surface area contributed by atoms with Gasteiger partial charge in [0.2, 0.25) is 5.88 Å². The Morgan fingerprint density at radius 2 is 1.73 bits per heavy atom. The van der Waals surface area contributed by atoms with E-state index in [0.29, 0.717) is 17.0 Å². The lowest BCUT2D eigenvalue weighted by Gasteiger charge is -2.11. The van der Waals surface area contributed by atoms with Crippen molar-refractivity contribution in [2.24, 2.45) is 0 Å². The van der Waals surface area contributed by atoms with Crippen molar-refractivity contribution in [1.82, 2.24) is 9.97 Å². The van der Waals surface area contributed by atoms with E-state index < -0.39 is 15.9 Å². The van der Waals surface area contributed by atoms with E-state index in [1.165, 1.54) is 50.9 Å². The van der Waals surface area contributed by atoms with Crippen LogP contribution in [0.3, 0.4) is 0 Å². The lowest BCUT2D eigenvalue weighted by atomic mass is 10.2. The Balaban J connectivity index is 1.76. The number of sulfonamides is 1. The molecular weight excluding hydrogens is 476 g/mol. The van der Waals surface area contributed by atoms with Gasteiger partial charge in [-0.1, -0.05) is 15.9 Å². The fourth-order valence-electron chi connectivity index (χ4n) is 2.48. The van der Waals surface area contributed by atoms with Crippen molar-refractivity contribution in [3.05, 3.63) is 64.9 Å². The predicted molar refractivity (Wildman–Crippen MR) is 114 cm³/mol. The lowest BCUT2D eigenvalue weighted by molar-refractivity contribution is 0.102. The van der Waals surface area contributed by atoms with Crippen LogP contribution in [-0.4, -0.2) is 38.5 Å². The van der Waals surface area contributed by atoms with Gasteiger partial charge in [0.1, 0.15) is 17.9 Å². The van der Waals surface area contributed by atoms with Crippen LogP contribution in [0.1, 0.15) is 10.4 Å². The fourth-order valence-corrected chi connectivity index (χ4v) is 3.84. The summed E-state index contributed by atoms with van der Waals surface area (Å²) in [4.78, 5) is 20.2. The third-order valence-corrected chi connectivity index (χ3v) is 5.78. The lowest BCUT2D eigenvalue weighted by Crippen LogP contribution is -2.15. The number of anilines is 2. The first kappa shape index (κ1) is 21.5. The highest BCUT2D eigenvalue weighted by atomic mass is 79.9. The largest absolute Gasteiger partial charge is 0.496 e. The molecule has 0 bridgehead atoms. The average Bonchev–Trinajstić information content (AvgIpc) is 2.74. The first-order valence-corrected chi connectivity index (χ1v) is 10.7. The van der Waals surface area contributed by atoms with Crippen LogP contribution < -0.4 is 19.5 Å². The Hall–Kier alpha value is -3.18. The number of methoxy groups -OCH3 is 2. The minimum absolute atomic E-state index is 0.00175. The average molecular weight is 493 g/mol. The van der Waals surface area contributed by atoms with Gasteiger partial charge in [-0.25, -0.2) is 18.4 Å². The summed E-state index contributed by atoms with van der Waals surface area (Å²) in [6.07, 6.45) is 1.19. The molecule has 156 valence electrons. The minimum Gasteiger partial charge on any atom is -0.496 e. The van der Waals surface area contributed by atoms with Crippen molar-refractivity contribution in [2.45, 2.75) is 4.90 Å². The van der Waals surface area contributed by atoms with E-state index in [2.05, 4.69) is 35.9 Å². The maximum absolute atomic E-state index is 12.6. The number of rotatable bonds is 7. The van der Waals surface area contributed by atoms with Gasteiger partial charge < -0.3 is 14.8 Å². The minimum atomic E-state index is -3.89. The highest BCUT2D eigenvalue weighted by Gasteiger charge is 2.17. The van der Waals surface area contributed by atoms with Crippen LogP contribution in [0, 0.1) is 0 Å². The maximum Gasteiger partial charge on any atom is 0.263 e. The van der Waals surface area contributed by atoms with Gasteiger partial charge in [0.15, 0.2) is 0 Å². The van der Waals surface area contributed by atoms with Crippen molar-refractivity contribution >= 4 is 43.4 Å². The van der Waals surface area contributed by atoms with Crippen molar-refractivity contribution in [3.63, 3.8) is 0 Å². The Bertz CT molecular complexity index is 1170. The summed E-state index contributed by atoms with van der Waals surface area (Å²) in [5.41, 5.74) is 0.757. The number of halogens is 1. The van der Waals surface area contributed by atoms with Gasteiger partial charge in [-0.3, -0.25) is 9.52 Å². The van der Waals surface area contributed by atoms with E-state index in [0.717, 1.165) is 4.47 Å². The predicted octanol–water partition coefficient (Wildman–Crippen LogP) is 3.31. The zero-order valence-corrected chi connectivity index (χ0v) is 18.3. The molecular formula is C19H17BrN4O5S. The number of carbonyl (C=O) groups excluding carboxylic acids is 1. The second-order valence-corrected chi connectivity index (χ2v) is 8.47. The molecule has 3 rings (SSSR count). The van der Waals surface area contributed by atoms with Gasteiger partial charge in [0, 0.05) is 16.2 Å². The summed E-state index contributed by atoms with van der Waals surface area (Å²) in [6, 6.07) is 12.1. The highest BCUT2D eigenvalue weighted by molar-refractivity contribution is 9.10. The summed E-state index contributed by atoms with van der Waals surface area (Å²) < 4.78 is 38.3. The highest BCUT2D eigenvalue weighted by Crippen LogP contribution is 2.25. The first-order chi connectivity index (χ1) is 14.3. The SMILES string of the molecule is COc1cc(NS(=O)(=O)c2ccc(NC(=O)c3cc(Br)ccc3OC)cc2)ncn1. The smallest absolute Gasteiger partial charge is 0.263 e. The van der Waals surface area contributed by atoms with Gasteiger partial charge in [-0.05, 0) is 42.5 Å². The molecule has 0 fully saturated rings. The third-order valence-electron chi connectivity index (χ3n) is 3.92. The van der Waals surface area contributed by atoms with Crippen molar-refractivity contribution in [2.75, 3.05) is 24.3 Å². The third kappa shape index (κ3) is 5.05. The molecule has 1 aromatic heterocycles. The molecule has 0 aliphatic heterocycles. The van der Waals surface area contributed by atoms with Crippen LogP contribution in [0.5, 0.6) is 11.6 Å². The number of aromatic nitrogens is 2. The molecule has 0 aliphatic rings. The molecule has 0 saturated carbocycles. The molecule has 30 heavy (non-hydrogen) atoms. The van der Waals surface area contributed by atoms with E-state index in [-0.39, 0.29) is 16.6 Å². The Morgan fingerprint density at radius 3 is 2.40 bits per heavy atom. The van der Waals surface area contributed by atoms with Crippen molar-refractivity contribution in [3.8, 4) is 11.6 Å². The zero-order chi connectivity index (χ0) is 21.7. The molecule has 0 unspecified atom stereocenters. The number of nitrogens with zero attached hydrogens (tertiary/aromatic N) is 2. The number of hydrogen-bond acceptors (Lipinski definition) is 7. The number of ether oxygens (including phenoxy) is 2. The van der Waals surface area contributed by atoms with Gasteiger partial charge in [-0.2, -0.15) is 0 Å². The Labute approximate surface area is 181 Å². The van der Waals surface area contributed by atoms with Crippen LogP contribution in [-0.2, 0) is 10.0 Å². The van der Waals surface area contributed by atoms with E-state index >= 15 is 0 Å². The molecule has 9 nitrogen and oxygen atoms in total. The molecule has 0 aliphatic carbocycles. The van der Waals surface area contributed by atoms with E-state index in [1.54, 1.807) is 18.2 Å². The summed E-state index contributed by atoms with van der Waals surface area (Å²) in [5.74, 6) is 0.319. The van der Waals surface area contributed by atoms with Crippen LogP contribution in [0.15, 0.2) is 64.2 Å². The number of hydrogen-bond donors (Lipinski definition) is 2. The quantitative estimate of drug-likeness (QED) is 0.518. The second-order valence-electron chi connectivity index (χ2n) is 5.87. The summed E-state index contributed by atoms with van der Waals surface area (Å²) in [6.45, 7) is 0. The zero-order valence-electron chi connectivity index (χ0n) is 15.9. The second kappa shape index (κ2) is 9.09. The van der Waals surface area contributed by atoms with Crippen molar-refractivity contribution in [1.29, 1.82) is 0 Å². The molecule has 0 saturated heterocycles. The van der Waals surface area contributed by atoms with Crippen molar-refractivity contribution < 1.29 is 22.7 Å². The molecule has 3 aromatic rings. The van der Waals surface area contributed by atoms with E-state index in [1.807, 2.05) is 0 Å². The molecule has 1 heterocycles. The fraction of sp³-hybridized carbons (Fsp3) is 0.105. The molecule has 2 N–H and O–H groups in total. The van der Waals surface area contributed by atoms with Gasteiger partial charge >= 0.3 is 0 Å². The molecule has 0 atom stereocenters. The topological polar surface area (TPSA) is 120 Å².